The van der Waals surface area contributed by atoms with Gasteiger partial charge in [-0.3, -0.25) is 0 Å². The number of nitrogens with zero attached hydrogens (tertiary/aromatic N) is 4. The number of hydrogen-bond donors (Lipinski definition) is 0. The molecule has 24 heavy (non-hydrogen) atoms. The number of rotatable bonds is 4. The monoisotopic (exact) mass is 322 g/mol. The summed E-state index contributed by atoms with van der Waals surface area (Å²) in [6.07, 6.45) is 4.33. The van der Waals surface area contributed by atoms with Crippen molar-refractivity contribution >= 4 is 0 Å². The molecule has 2 heterocycles. The van der Waals surface area contributed by atoms with E-state index in [1.54, 1.807) is 24.5 Å². The third-order valence-electron chi connectivity index (χ3n) is 4.25. The van der Waals surface area contributed by atoms with Crippen molar-refractivity contribution in [3.63, 3.8) is 0 Å². The zero-order valence-electron chi connectivity index (χ0n) is 13.1. The van der Waals surface area contributed by atoms with Crippen molar-refractivity contribution in [1.29, 1.82) is 0 Å². The van der Waals surface area contributed by atoms with Gasteiger partial charge < -0.3 is 4.74 Å². The van der Waals surface area contributed by atoms with Crippen molar-refractivity contribution in [1.82, 2.24) is 20.2 Å². The fourth-order valence-electron chi connectivity index (χ4n) is 2.89. The molecular weight excluding hydrogens is 307 g/mol. The zero-order valence-corrected chi connectivity index (χ0v) is 13.1. The van der Waals surface area contributed by atoms with Crippen LogP contribution in [0.15, 0.2) is 48.8 Å². The third kappa shape index (κ3) is 2.71. The van der Waals surface area contributed by atoms with Crippen LogP contribution in [0.4, 0.5) is 4.39 Å². The highest BCUT2D eigenvalue weighted by molar-refractivity contribution is 5.48. The minimum absolute atomic E-state index is 0.279. The lowest BCUT2D eigenvalue weighted by molar-refractivity contribution is 0.386. The summed E-state index contributed by atoms with van der Waals surface area (Å²) in [5.74, 6) is 1.13. The largest absolute Gasteiger partial charge is 0.494 e. The molecule has 1 saturated carbocycles. The smallest absolute Gasteiger partial charge is 0.180 e. The van der Waals surface area contributed by atoms with Gasteiger partial charge in [-0.15, -0.1) is 5.10 Å². The molecule has 0 amide bonds. The van der Waals surface area contributed by atoms with Crippen LogP contribution in [0.2, 0.25) is 0 Å². The van der Waals surface area contributed by atoms with E-state index in [4.69, 9.17) is 4.74 Å². The van der Waals surface area contributed by atoms with E-state index in [-0.39, 0.29) is 11.6 Å². The van der Waals surface area contributed by atoms with Gasteiger partial charge in [0.2, 0.25) is 0 Å². The van der Waals surface area contributed by atoms with E-state index >= 15 is 0 Å². The minimum Gasteiger partial charge on any atom is -0.494 e. The van der Waals surface area contributed by atoms with E-state index in [2.05, 4.69) is 20.2 Å². The second kappa shape index (κ2) is 5.96. The summed E-state index contributed by atoms with van der Waals surface area (Å²) in [6, 6.07) is 10.6. The molecule has 5 nitrogen and oxygen atoms in total. The van der Waals surface area contributed by atoms with Crippen molar-refractivity contribution in [2.24, 2.45) is 0 Å². The van der Waals surface area contributed by atoms with Crippen molar-refractivity contribution in [3.8, 4) is 17.3 Å². The topological polar surface area (TPSA) is 60.8 Å². The number of halogens is 1. The Kier molecular flexibility index (Phi) is 3.65. The molecular formula is C18H15FN4O. The minimum atomic E-state index is -0.342. The molecule has 0 saturated heterocycles. The molecule has 6 heteroatoms. The molecule has 120 valence electrons. The van der Waals surface area contributed by atoms with Gasteiger partial charge in [0.15, 0.2) is 17.4 Å². The fourth-order valence-corrected chi connectivity index (χ4v) is 2.89. The van der Waals surface area contributed by atoms with Crippen LogP contribution in [-0.4, -0.2) is 27.3 Å². The lowest BCUT2D eigenvalue weighted by Gasteiger charge is -2.05. The lowest BCUT2D eigenvalue weighted by Crippen LogP contribution is -1.96. The maximum atomic E-state index is 13.5. The van der Waals surface area contributed by atoms with Crippen LogP contribution in [0.5, 0.6) is 5.75 Å². The number of aromatic nitrogens is 4. The van der Waals surface area contributed by atoms with Crippen molar-refractivity contribution < 1.29 is 9.13 Å². The molecule has 0 bridgehead atoms. The number of benzene rings is 1. The van der Waals surface area contributed by atoms with Gasteiger partial charge in [-0.25, -0.2) is 14.4 Å². The summed E-state index contributed by atoms with van der Waals surface area (Å²) < 4.78 is 18.6. The molecule has 0 spiro atoms. The summed E-state index contributed by atoms with van der Waals surface area (Å²) in [5, 5.41) is 8.54. The van der Waals surface area contributed by atoms with Crippen LogP contribution in [0, 0.1) is 5.82 Å². The van der Waals surface area contributed by atoms with Crippen molar-refractivity contribution in [2.45, 2.75) is 18.3 Å². The average Bonchev–Trinajstić information content (AvgIpc) is 3.44. The Labute approximate surface area is 138 Å². The first-order valence-corrected chi connectivity index (χ1v) is 7.70. The Morgan fingerprint density at radius 1 is 1.04 bits per heavy atom. The fraction of sp³-hybridized carbons (Fsp3) is 0.222. The lowest BCUT2D eigenvalue weighted by atomic mass is 10.1. The highest BCUT2D eigenvalue weighted by Crippen LogP contribution is 2.54. The van der Waals surface area contributed by atoms with E-state index < -0.39 is 0 Å². The second-order valence-electron chi connectivity index (χ2n) is 5.76. The van der Waals surface area contributed by atoms with E-state index in [1.807, 2.05) is 18.2 Å². The molecule has 1 aliphatic carbocycles. The van der Waals surface area contributed by atoms with Gasteiger partial charge in [0, 0.05) is 18.3 Å². The average molecular weight is 322 g/mol. The second-order valence-corrected chi connectivity index (χ2v) is 5.76. The van der Waals surface area contributed by atoms with Crippen LogP contribution in [0.1, 0.15) is 29.5 Å². The Morgan fingerprint density at radius 3 is 2.58 bits per heavy atom. The SMILES string of the molecule is COc1cc([C@H]2C[C@H]2c2ccc(-c3ncccn3)nn2)ccc1F. The number of hydrogen-bond acceptors (Lipinski definition) is 5. The molecule has 2 aromatic heterocycles. The Balaban J connectivity index is 1.52. The van der Waals surface area contributed by atoms with Crippen LogP contribution < -0.4 is 4.74 Å². The van der Waals surface area contributed by atoms with Gasteiger partial charge in [0.05, 0.1) is 12.8 Å². The summed E-state index contributed by atoms with van der Waals surface area (Å²) >= 11 is 0. The first kappa shape index (κ1) is 14.7. The van der Waals surface area contributed by atoms with E-state index in [0.29, 0.717) is 23.4 Å². The van der Waals surface area contributed by atoms with Crippen LogP contribution in [0.3, 0.4) is 0 Å². The van der Waals surface area contributed by atoms with Crippen LogP contribution in [0.25, 0.3) is 11.5 Å². The number of methoxy groups -OCH3 is 1. The van der Waals surface area contributed by atoms with Gasteiger partial charge in [-0.2, -0.15) is 5.10 Å². The Bertz CT molecular complexity index is 855. The Morgan fingerprint density at radius 2 is 1.88 bits per heavy atom. The summed E-state index contributed by atoms with van der Waals surface area (Å²) in [7, 11) is 1.47. The maximum absolute atomic E-state index is 13.5. The third-order valence-corrected chi connectivity index (χ3v) is 4.25. The van der Waals surface area contributed by atoms with E-state index in [0.717, 1.165) is 17.7 Å². The standard InChI is InChI=1S/C18H15FN4O/c1-24-17-9-11(3-4-14(17)19)12-10-13(12)15-5-6-16(23-22-15)18-20-7-2-8-21-18/h2-9,12-13H,10H2,1H3/t12-,13-/m1/s1. The van der Waals surface area contributed by atoms with Crippen LogP contribution in [-0.2, 0) is 0 Å². The molecule has 3 aromatic rings. The first-order valence-electron chi connectivity index (χ1n) is 7.70. The van der Waals surface area contributed by atoms with Gasteiger partial charge in [0.1, 0.15) is 5.69 Å². The normalized spacial score (nSPS) is 19.1. The highest BCUT2D eigenvalue weighted by atomic mass is 19.1. The molecule has 4 rings (SSSR count). The molecule has 0 unspecified atom stereocenters. The van der Waals surface area contributed by atoms with Gasteiger partial charge >= 0.3 is 0 Å². The van der Waals surface area contributed by atoms with Crippen molar-refractivity contribution in [3.05, 3.63) is 65.9 Å². The first-order chi connectivity index (χ1) is 11.8. The van der Waals surface area contributed by atoms with E-state index in [9.17, 15) is 4.39 Å². The molecule has 1 aromatic carbocycles. The highest BCUT2D eigenvalue weighted by Gasteiger charge is 2.41. The summed E-state index contributed by atoms with van der Waals surface area (Å²) in [4.78, 5) is 8.33. The zero-order chi connectivity index (χ0) is 16.5. The predicted molar refractivity (Wildman–Crippen MR) is 86.1 cm³/mol. The van der Waals surface area contributed by atoms with Gasteiger partial charge in [0.25, 0.3) is 0 Å². The molecule has 1 aliphatic rings. The summed E-state index contributed by atoms with van der Waals surface area (Å²) in [5.41, 5.74) is 2.65. The number of ether oxygens (including phenoxy) is 1. The predicted octanol–water partition coefficient (Wildman–Crippen LogP) is 3.35. The molecule has 0 aliphatic heterocycles. The molecule has 0 radical (unpaired) electrons. The maximum Gasteiger partial charge on any atom is 0.180 e. The Hall–Kier alpha value is -2.89. The molecule has 1 fully saturated rings. The summed E-state index contributed by atoms with van der Waals surface area (Å²) in [6.45, 7) is 0. The van der Waals surface area contributed by atoms with Crippen LogP contribution >= 0.6 is 0 Å². The van der Waals surface area contributed by atoms with Crippen molar-refractivity contribution in [2.75, 3.05) is 7.11 Å². The molecule has 0 N–H and O–H groups in total. The van der Waals surface area contributed by atoms with E-state index in [1.165, 1.54) is 13.2 Å². The van der Waals surface area contributed by atoms with Gasteiger partial charge in [-0.05, 0) is 48.2 Å². The quantitative estimate of drug-likeness (QED) is 0.737. The molecule has 2 atom stereocenters. The van der Waals surface area contributed by atoms with Gasteiger partial charge in [-0.1, -0.05) is 6.07 Å².